The third-order valence-electron chi connectivity index (χ3n) is 5.15. The van der Waals surface area contributed by atoms with E-state index in [1.807, 2.05) is 48.5 Å². The number of hydrogen-bond donors (Lipinski definition) is 1. The average Bonchev–Trinajstić information content (AvgIpc) is 3.21. The minimum absolute atomic E-state index is 0.182. The first-order valence-corrected chi connectivity index (χ1v) is 10.3. The van der Waals surface area contributed by atoms with Gasteiger partial charge in [-0.05, 0) is 41.8 Å². The summed E-state index contributed by atoms with van der Waals surface area (Å²) in [5, 5.41) is 1.00. The van der Waals surface area contributed by atoms with E-state index in [0.717, 1.165) is 38.8 Å². The standard InChI is InChI=1S/C26H25NO4/c1-2-29-26(28)14-21-7-3-4-9-24(21)30-16-22-17-31-25-13-20(10-11-23(22)25)19-8-5-6-18(12-19)15-27/h3-13,17H,2,14-16,27H2,1H3. The molecule has 2 N–H and O–H groups in total. The molecule has 0 bridgehead atoms. The van der Waals surface area contributed by atoms with E-state index in [4.69, 9.17) is 19.6 Å². The molecule has 0 spiro atoms. The smallest absolute Gasteiger partial charge is 0.310 e. The van der Waals surface area contributed by atoms with Gasteiger partial charge >= 0.3 is 5.97 Å². The third-order valence-corrected chi connectivity index (χ3v) is 5.15. The summed E-state index contributed by atoms with van der Waals surface area (Å²) < 4.78 is 16.9. The van der Waals surface area contributed by atoms with Crippen LogP contribution >= 0.6 is 0 Å². The first-order chi connectivity index (χ1) is 15.2. The molecule has 5 heteroatoms. The molecule has 158 valence electrons. The largest absolute Gasteiger partial charge is 0.488 e. The van der Waals surface area contributed by atoms with Crippen LogP contribution in [0.25, 0.3) is 22.1 Å². The Kier molecular flexibility index (Phi) is 6.34. The molecule has 0 saturated heterocycles. The Labute approximate surface area is 181 Å². The fourth-order valence-corrected chi connectivity index (χ4v) is 3.57. The summed E-state index contributed by atoms with van der Waals surface area (Å²) in [6, 6.07) is 21.8. The second kappa shape index (κ2) is 9.49. The van der Waals surface area contributed by atoms with Crippen LogP contribution in [0, 0.1) is 0 Å². The van der Waals surface area contributed by atoms with Crippen LogP contribution in [-0.4, -0.2) is 12.6 Å². The minimum atomic E-state index is -0.265. The van der Waals surface area contributed by atoms with Crippen LogP contribution in [0.3, 0.4) is 0 Å². The van der Waals surface area contributed by atoms with Gasteiger partial charge in [0, 0.05) is 23.1 Å². The van der Waals surface area contributed by atoms with E-state index in [2.05, 4.69) is 18.2 Å². The van der Waals surface area contributed by atoms with Gasteiger partial charge in [-0.25, -0.2) is 0 Å². The van der Waals surface area contributed by atoms with Gasteiger partial charge in [0.1, 0.15) is 17.9 Å². The maximum absolute atomic E-state index is 11.9. The number of carbonyl (C=O) groups is 1. The normalized spacial score (nSPS) is 10.9. The van der Waals surface area contributed by atoms with Gasteiger partial charge in [0.2, 0.25) is 0 Å². The highest BCUT2D eigenvalue weighted by Gasteiger charge is 2.12. The number of carbonyl (C=O) groups excluding carboxylic acids is 1. The van der Waals surface area contributed by atoms with Crippen LogP contribution in [-0.2, 0) is 29.1 Å². The van der Waals surface area contributed by atoms with Crippen molar-refractivity contribution in [2.24, 2.45) is 5.73 Å². The molecular formula is C26H25NO4. The van der Waals surface area contributed by atoms with E-state index in [9.17, 15) is 4.79 Å². The molecule has 0 radical (unpaired) electrons. The van der Waals surface area contributed by atoms with Crippen molar-refractivity contribution in [1.82, 2.24) is 0 Å². The number of fused-ring (bicyclic) bond motifs is 1. The average molecular weight is 415 g/mol. The number of esters is 1. The Hall–Kier alpha value is -3.57. The van der Waals surface area contributed by atoms with Crippen LogP contribution in [0.2, 0.25) is 0 Å². The fraction of sp³-hybridized carbons (Fsp3) is 0.192. The lowest BCUT2D eigenvalue weighted by molar-refractivity contribution is -0.142. The molecule has 0 unspecified atom stereocenters. The molecule has 0 aliphatic heterocycles. The highest BCUT2D eigenvalue weighted by atomic mass is 16.5. The van der Waals surface area contributed by atoms with Crippen LogP contribution < -0.4 is 10.5 Å². The lowest BCUT2D eigenvalue weighted by atomic mass is 10.0. The van der Waals surface area contributed by atoms with Crippen LogP contribution in [0.15, 0.2) is 77.4 Å². The van der Waals surface area contributed by atoms with Gasteiger partial charge in [-0.15, -0.1) is 0 Å². The van der Waals surface area contributed by atoms with Crippen LogP contribution in [0.1, 0.15) is 23.6 Å². The fourth-order valence-electron chi connectivity index (χ4n) is 3.57. The van der Waals surface area contributed by atoms with Gasteiger partial charge in [-0.2, -0.15) is 0 Å². The van der Waals surface area contributed by atoms with Crippen LogP contribution in [0.5, 0.6) is 5.75 Å². The Morgan fingerprint density at radius 1 is 0.968 bits per heavy atom. The SMILES string of the molecule is CCOC(=O)Cc1ccccc1OCc1coc2cc(-c3cccc(CN)c3)ccc12. The Balaban J connectivity index is 1.52. The van der Waals surface area contributed by atoms with Gasteiger partial charge in [-0.3, -0.25) is 4.79 Å². The summed E-state index contributed by atoms with van der Waals surface area (Å²) in [5.74, 6) is 0.402. The summed E-state index contributed by atoms with van der Waals surface area (Å²) in [4.78, 5) is 11.9. The first kappa shape index (κ1) is 20.7. The molecule has 3 aromatic carbocycles. The number of para-hydroxylation sites is 1. The lowest BCUT2D eigenvalue weighted by Gasteiger charge is -2.10. The molecule has 4 rings (SSSR count). The molecule has 1 aromatic heterocycles. The summed E-state index contributed by atoms with van der Waals surface area (Å²) in [6.45, 7) is 3.01. The van der Waals surface area contributed by atoms with E-state index in [1.54, 1.807) is 13.2 Å². The Bertz CT molecular complexity index is 1190. The molecule has 0 atom stereocenters. The molecular weight excluding hydrogens is 390 g/mol. The predicted octanol–water partition coefficient (Wildman–Crippen LogP) is 5.24. The zero-order valence-corrected chi connectivity index (χ0v) is 17.5. The van der Waals surface area contributed by atoms with Crippen molar-refractivity contribution < 1.29 is 18.7 Å². The highest BCUT2D eigenvalue weighted by Crippen LogP contribution is 2.29. The van der Waals surface area contributed by atoms with Gasteiger partial charge in [-0.1, -0.05) is 48.5 Å². The number of rotatable bonds is 8. The van der Waals surface area contributed by atoms with Crippen LogP contribution in [0.4, 0.5) is 0 Å². The topological polar surface area (TPSA) is 74.7 Å². The van der Waals surface area contributed by atoms with E-state index in [1.165, 1.54) is 0 Å². The Morgan fingerprint density at radius 3 is 2.65 bits per heavy atom. The summed E-state index contributed by atoms with van der Waals surface area (Å²) in [6.07, 6.45) is 1.90. The van der Waals surface area contributed by atoms with Gasteiger partial charge in [0.15, 0.2) is 0 Å². The van der Waals surface area contributed by atoms with Gasteiger partial charge in [0.05, 0.1) is 19.3 Å². The zero-order chi connectivity index (χ0) is 21.6. The highest BCUT2D eigenvalue weighted by molar-refractivity contribution is 5.86. The molecule has 0 aliphatic rings. The molecule has 1 heterocycles. The maximum atomic E-state index is 11.9. The van der Waals surface area contributed by atoms with Gasteiger partial charge in [0.25, 0.3) is 0 Å². The summed E-state index contributed by atoms with van der Waals surface area (Å²) in [7, 11) is 0. The second-order valence-corrected chi connectivity index (χ2v) is 7.25. The zero-order valence-electron chi connectivity index (χ0n) is 17.5. The summed E-state index contributed by atoms with van der Waals surface area (Å²) in [5.41, 5.74) is 11.6. The quantitative estimate of drug-likeness (QED) is 0.398. The van der Waals surface area contributed by atoms with Gasteiger partial charge < -0.3 is 19.6 Å². The van der Waals surface area contributed by atoms with Crippen molar-refractivity contribution in [3.63, 3.8) is 0 Å². The van der Waals surface area contributed by atoms with Crippen molar-refractivity contribution in [2.75, 3.05) is 6.61 Å². The number of nitrogens with two attached hydrogens (primary N) is 1. The van der Waals surface area contributed by atoms with Crippen molar-refractivity contribution in [3.05, 3.63) is 89.7 Å². The predicted molar refractivity (Wildman–Crippen MR) is 121 cm³/mol. The van der Waals surface area contributed by atoms with E-state index in [0.29, 0.717) is 25.5 Å². The number of hydrogen-bond acceptors (Lipinski definition) is 5. The summed E-state index contributed by atoms with van der Waals surface area (Å²) >= 11 is 0. The number of benzene rings is 3. The van der Waals surface area contributed by atoms with Crippen molar-refractivity contribution in [3.8, 4) is 16.9 Å². The molecule has 0 amide bonds. The molecule has 31 heavy (non-hydrogen) atoms. The molecule has 5 nitrogen and oxygen atoms in total. The Morgan fingerprint density at radius 2 is 1.81 bits per heavy atom. The van der Waals surface area contributed by atoms with Crippen molar-refractivity contribution in [2.45, 2.75) is 26.5 Å². The molecule has 4 aromatic rings. The lowest BCUT2D eigenvalue weighted by Crippen LogP contribution is -2.09. The number of ether oxygens (including phenoxy) is 2. The molecule has 0 aliphatic carbocycles. The number of furan rings is 1. The minimum Gasteiger partial charge on any atom is -0.488 e. The molecule has 0 saturated carbocycles. The van der Waals surface area contributed by atoms with E-state index >= 15 is 0 Å². The third kappa shape index (κ3) is 4.78. The van der Waals surface area contributed by atoms with Crippen molar-refractivity contribution in [1.29, 1.82) is 0 Å². The molecule has 0 fully saturated rings. The maximum Gasteiger partial charge on any atom is 0.310 e. The van der Waals surface area contributed by atoms with E-state index < -0.39 is 0 Å². The second-order valence-electron chi connectivity index (χ2n) is 7.25. The van der Waals surface area contributed by atoms with E-state index in [-0.39, 0.29) is 12.4 Å². The first-order valence-electron chi connectivity index (χ1n) is 10.3. The monoisotopic (exact) mass is 415 g/mol. The van der Waals surface area contributed by atoms with Crippen molar-refractivity contribution >= 4 is 16.9 Å².